The fourth-order valence-electron chi connectivity index (χ4n) is 2.76. The maximum atomic E-state index is 13.3. The summed E-state index contributed by atoms with van der Waals surface area (Å²) in [7, 11) is 0. The maximum absolute atomic E-state index is 13.3. The molecule has 2 aromatic rings. The molecule has 19 heavy (non-hydrogen) atoms. The monoisotopic (exact) mass is 259 g/mol. The average Bonchev–Trinajstić information content (AvgIpc) is 3.19. The smallest absolute Gasteiger partial charge is 0.126 e. The number of halogens is 2. The fourth-order valence-corrected chi connectivity index (χ4v) is 2.76. The van der Waals surface area contributed by atoms with Crippen molar-refractivity contribution < 1.29 is 8.78 Å². The minimum Gasteiger partial charge on any atom is -0.323 e. The molecule has 0 bridgehead atoms. The lowest BCUT2D eigenvalue weighted by molar-refractivity contribution is 0.523. The van der Waals surface area contributed by atoms with E-state index in [0.29, 0.717) is 5.56 Å². The van der Waals surface area contributed by atoms with Gasteiger partial charge in [-0.1, -0.05) is 30.3 Å². The van der Waals surface area contributed by atoms with Gasteiger partial charge in [0.1, 0.15) is 11.6 Å². The summed E-state index contributed by atoms with van der Waals surface area (Å²) in [6, 6.07) is 13.1. The highest BCUT2D eigenvalue weighted by molar-refractivity contribution is 5.38. The second-order valence-electron chi connectivity index (χ2n) is 5.20. The van der Waals surface area contributed by atoms with Crippen LogP contribution in [-0.2, 0) is 5.41 Å². The summed E-state index contributed by atoms with van der Waals surface area (Å²) < 4.78 is 26.6. The van der Waals surface area contributed by atoms with E-state index in [1.165, 1.54) is 12.1 Å². The number of nitrogens with two attached hydrogens (primary N) is 1. The van der Waals surface area contributed by atoms with Gasteiger partial charge in [0.25, 0.3) is 0 Å². The topological polar surface area (TPSA) is 26.0 Å². The van der Waals surface area contributed by atoms with Crippen molar-refractivity contribution in [2.45, 2.75) is 24.3 Å². The summed E-state index contributed by atoms with van der Waals surface area (Å²) >= 11 is 0. The van der Waals surface area contributed by atoms with E-state index in [4.69, 9.17) is 5.73 Å². The SMILES string of the molecule is NC(c1cc(F)cc(F)c1)C1(c2ccccc2)CC1. The second-order valence-corrected chi connectivity index (χ2v) is 5.20. The van der Waals surface area contributed by atoms with Crippen LogP contribution >= 0.6 is 0 Å². The van der Waals surface area contributed by atoms with Crippen LogP contribution in [0.5, 0.6) is 0 Å². The lowest BCUT2D eigenvalue weighted by Crippen LogP contribution is -2.26. The first-order chi connectivity index (χ1) is 9.12. The Hall–Kier alpha value is -1.74. The Bertz CT molecular complexity index is 571. The fraction of sp³-hybridized carbons (Fsp3) is 0.250. The molecule has 1 atom stereocenters. The Morgan fingerprint density at radius 1 is 0.947 bits per heavy atom. The predicted molar refractivity (Wildman–Crippen MR) is 70.6 cm³/mol. The van der Waals surface area contributed by atoms with Crippen LogP contribution < -0.4 is 5.73 Å². The van der Waals surface area contributed by atoms with Crippen LogP contribution in [0.1, 0.15) is 30.0 Å². The van der Waals surface area contributed by atoms with Crippen LogP contribution in [0, 0.1) is 11.6 Å². The van der Waals surface area contributed by atoms with Crippen molar-refractivity contribution in [1.29, 1.82) is 0 Å². The van der Waals surface area contributed by atoms with E-state index in [1.54, 1.807) is 0 Å². The first-order valence-electron chi connectivity index (χ1n) is 6.39. The molecule has 1 saturated carbocycles. The lowest BCUT2D eigenvalue weighted by atomic mass is 9.84. The van der Waals surface area contributed by atoms with Crippen molar-refractivity contribution in [3.63, 3.8) is 0 Å². The Morgan fingerprint density at radius 3 is 2.05 bits per heavy atom. The Labute approximate surface area is 111 Å². The van der Waals surface area contributed by atoms with Gasteiger partial charge in [-0.05, 0) is 36.1 Å². The van der Waals surface area contributed by atoms with Crippen LogP contribution in [0.2, 0.25) is 0 Å². The molecule has 1 aliphatic carbocycles. The van der Waals surface area contributed by atoms with Gasteiger partial charge in [-0.15, -0.1) is 0 Å². The molecule has 1 nitrogen and oxygen atoms in total. The third-order valence-corrected chi connectivity index (χ3v) is 3.98. The second kappa shape index (κ2) is 4.42. The normalized spacial score (nSPS) is 18.1. The van der Waals surface area contributed by atoms with E-state index < -0.39 is 11.6 Å². The average molecular weight is 259 g/mol. The molecular formula is C16H15F2N. The van der Waals surface area contributed by atoms with E-state index >= 15 is 0 Å². The molecule has 3 heteroatoms. The Morgan fingerprint density at radius 2 is 1.53 bits per heavy atom. The number of benzene rings is 2. The molecule has 0 spiro atoms. The zero-order chi connectivity index (χ0) is 13.5. The van der Waals surface area contributed by atoms with E-state index in [2.05, 4.69) is 0 Å². The molecule has 0 radical (unpaired) electrons. The predicted octanol–water partition coefficient (Wildman–Crippen LogP) is 3.70. The van der Waals surface area contributed by atoms with E-state index in [9.17, 15) is 8.78 Å². The van der Waals surface area contributed by atoms with Gasteiger partial charge in [-0.2, -0.15) is 0 Å². The highest BCUT2D eigenvalue weighted by Crippen LogP contribution is 2.55. The zero-order valence-electron chi connectivity index (χ0n) is 10.4. The molecule has 2 N–H and O–H groups in total. The van der Waals surface area contributed by atoms with Crippen LogP contribution in [0.15, 0.2) is 48.5 Å². The Balaban J connectivity index is 1.98. The molecule has 1 aliphatic rings. The molecule has 0 aliphatic heterocycles. The van der Waals surface area contributed by atoms with Crippen LogP contribution in [0.4, 0.5) is 8.78 Å². The van der Waals surface area contributed by atoms with Gasteiger partial charge in [-0.3, -0.25) is 0 Å². The van der Waals surface area contributed by atoms with E-state index in [0.717, 1.165) is 24.5 Å². The van der Waals surface area contributed by atoms with Gasteiger partial charge in [0.05, 0.1) is 0 Å². The van der Waals surface area contributed by atoms with Crippen molar-refractivity contribution in [2.75, 3.05) is 0 Å². The third kappa shape index (κ3) is 2.15. The van der Waals surface area contributed by atoms with Crippen molar-refractivity contribution in [2.24, 2.45) is 5.73 Å². The highest BCUT2D eigenvalue weighted by Gasteiger charge is 2.49. The van der Waals surface area contributed by atoms with Gasteiger partial charge < -0.3 is 5.73 Å². The van der Waals surface area contributed by atoms with Crippen LogP contribution in [0.25, 0.3) is 0 Å². The minimum absolute atomic E-state index is 0.165. The molecule has 1 fully saturated rings. The quantitative estimate of drug-likeness (QED) is 0.893. The van der Waals surface area contributed by atoms with Crippen molar-refractivity contribution in [1.82, 2.24) is 0 Å². The van der Waals surface area contributed by atoms with Crippen LogP contribution in [0.3, 0.4) is 0 Å². The zero-order valence-corrected chi connectivity index (χ0v) is 10.4. The van der Waals surface area contributed by atoms with Crippen molar-refractivity contribution >= 4 is 0 Å². The summed E-state index contributed by atoms with van der Waals surface area (Å²) in [6.07, 6.45) is 1.91. The third-order valence-electron chi connectivity index (χ3n) is 3.98. The summed E-state index contributed by atoms with van der Waals surface area (Å²) in [6.45, 7) is 0. The molecule has 0 amide bonds. The summed E-state index contributed by atoms with van der Waals surface area (Å²) in [5.74, 6) is -1.15. The Kier molecular flexibility index (Phi) is 2.86. The molecule has 1 unspecified atom stereocenters. The molecule has 0 heterocycles. The number of hydrogen-bond donors (Lipinski definition) is 1. The van der Waals surface area contributed by atoms with E-state index in [1.807, 2.05) is 30.3 Å². The first-order valence-corrected chi connectivity index (χ1v) is 6.39. The lowest BCUT2D eigenvalue weighted by Gasteiger charge is -2.24. The molecule has 3 rings (SSSR count). The van der Waals surface area contributed by atoms with Gasteiger partial charge in [0, 0.05) is 17.5 Å². The van der Waals surface area contributed by atoms with Crippen LogP contribution in [-0.4, -0.2) is 0 Å². The van der Waals surface area contributed by atoms with Crippen molar-refractivity contribution in [3.05, 3.63) is 71.3 Å². The summed E-state index contributed by atoms with van der Waals surface area (Å²) in [4.78, 5) is 0. The molecular weight excluding hydrogens is 244 g/mol. The maximum Gasteiger partial charge on any atom is 0.126 e. The molecule has 0 aromatic heterocycles. The number of rotatable bonds is 3. The highest BCUT2D eigenvalue weighted by atomic mass is 19.1. The van der Waals surface area contributed by atoms with Crippen molar-refractivity contribution in [3.8, 4) is 0 Å². The molecule has 98 valence electrons. The van der Waals surface area contributed by atoms with E-state index in [-0.39, 0.29) is 11.5 Å². The largest absolute Gasteiger partial charge is 0.323 e. The summed E-state index contributed by atoms with van der Waals surface area (Å²) in [5, 5.41) is 0. The van der Waals surface area contributed by atoms with Gasteiger partial charge in [0.2, 0.25) is 0 Å². The first kappa shape index (κ1) is 12.3. The summed E-state index contributed by atoms with van der Waals surface area (Å²) in [5.41, 5.74) is 7.78. The van der Waals surface area contributed by atoms with Gasteiger partial charge >= 0.3 is 0 Å². The minimum atomic E-state index is -0.575. The van der Waals surface area contributed by atoms with Gasteiger partial charge in [-0.25, -0.2) is 8.78 Å². The molecule has 0 saturated heterocycles. The molecule has 2 aromatic carbocycles. The van der Waals surface area contributed by atoms with Gasteiger partial charge in [0.15, 0.2) is 0 Å². The standard InChI is InChI=1S/C16H15F2N/c17-13-8-11(9-14(18)10-13)15(19)16(6-7-16)12-4-2-1-3-5-12/h1-5,8-10,15H,6-7,19H2. The number of hydrogen-bond acceptors (Lipinski definition) is 1.